The van der Waals surface area contributed by atoms with E-state index in [9.17, 15) is 28.9 Å². The maximum Gasteiger partial charge on any atom is 0.337 e. The normalized spacial score (nSPS) is 9.86. The Morgan fingerprint density at radius 2 is 1.59 bits per heavy atom. The van der Waals surface area contributed by atoms with Crippen LogP contribution in [-0.2, 0) is 4.79 Å². The fourth-order valence-electron chi connectivity index (χ4n) is 1.93. The highest BCUT2D eigenvalue weighted by Crippen LogP contribution is 2.27. The highest BCUT2D eigenvalue weighted by Gasteiger charge is 2.14. The molecule has 152 valence electrons. The number of carbonyl (C=O) groups excluding carboxylic acids is 3. The van der Waals surface area contributed by atoms with Gasteiger partial charge in [0.15, 0.2) is 0 Å². The fraction of sp³-hybridized carbons (Fsp3) is 0.0625. The molecule has 5 amide bonds. The fourth-order valence-corrected chi connectivity index (χ4v) is 2.12. The molecule has 2 aromatic rings. The van der Waals surface area contributed by atoms with Gasteiger partial charge in [-0.25, -0.2) is 19.4 Å². The number of nitro groups is 1. The third kappa shape index (κ3) is 6.95. The Morgan fingerprint density at radius 3 is 2.24 bits per heavy atom. The number of urea groups is 2. The Bertz CT molecular complexity index is 940. The minimum atomic E-state index is -0.884. The van der Waals surface area contributed by atoms with Gasteiger partial charge in [-0.1, -0.05) is 11.6 Å². The molecule has 0 spiro atoms. The van der Waals surface area contributed by atoms with Crippen molar-refractivity contribution in [3.8, 4) is 0 Å². The smallest absolute Gasteiger partial charge is 0.329 e. The summed E-state index contributed by atoms with van der Waals surface area (Å²) < 4.78 is 12.8. The van der Waals surface area contributed by atoms with Crippen LogP contribution >= 0.6 is 11.6 Å². The Balaban J connectivity index is 1.73. The van der Waals surface area contributed by atoms with Crippen LogP contribution in [0.15, 0.2) is 42.5 Å². The summed E-state index contributed by atoms with van der Waals surface area (Å²) in [5, 5.41) is 17.6. The number of amides is 5. The molecule has 0 atom stereocenters. The summed E-state index contributed by atoms with van der Waals surface area (Å²) in [4.78, 5) is 45.1. The van der Waals surface area contributed by atoms with E-state index in [2.05, 4.69) is 16.0 Å². The van der Waals surface area contributed by atoms with Crippen molar-refractivity contribution < 1.29 is 23.7 Å². The first-order valence-electron chi connectivity index (χ1n) is 7.85. The number of rotatable bonds is 5. The number of nitrogens with zero attached hydrogens (tertiary/aromatic N) is 1. The molecule has 29 heavy (non-hydrogen) atoms. The monoisotopic (exact) mass is 424 g/mol. The van der Waals surface area contributed by atoms with Crippen molar-refractivity contribution in [1.29, 1.82) is 0 Å². The van der Waals surface area contributed by atoms with E-state index in [1.807, 2.05) is 10.9 Å². The van der Waals surface area contributed by atoms with Crippen LogP contribution in [0.3, 0.4) is 0 Å². The Morgan fingerprint density at radius 1 is 0.966 bits per heavy atom. The lowest BCUT2D eigenvalue weighted by Gasteiger charge is -2.10. The summed E-state index contributed by atoms with van der Waals surface area (Å²) in [5.41, 5.74) is 4.03. The molecule has 0 aromatic heterocycles. The van der Waals surface area contributed by atoms with E-state index in [-0.39, 0.29) is 10.7 Å². The van der Waals surface area contributed by atoms with Crippen LogP contribution in [0.5, 0.6) is 0 Å². The van der Waals surface area contributed by atoms with E-state index in [1.165, 1.54) is 24.3 Å². The van der Waals surface area contributed by atoms with Crippen molar-refractivity contribution in [1.82, 2.24) is 16.2 Å². The van der Waals surface area contributed by atoms with Gasteiger partial charge < -0.3 is 16.0 Å². The molecule has 0 unspecified atom stereocenters. The predicted octanol–water partition coefficient (Wildman–Crippen LogP) is 2.36. The number of benzene rings is 2. The molecule has 2 rings (SSSR count). The SMILES string of the molecule is O=C(CNC(=O)Nc1ccc(F)cc1)NNC(=O)Nc1ccc(Cl)c([N+](=O)[O-])c1. The summed E-state index contributed by atoms with van der Waals surface area (Å²) in [6.07, 6.45) is 0. The second kappa shape index (κ2) is 9.85. The number of nitro benzene ring substituents is 1. The third-order valence-electron chi connectivity index (χ3n) is 3.23. The first-order chi connectivity index (χ1) is 13.7. The zero-order valence-corrected chi connectivity index (χ0v) is 15.2. The van der Waals surface area contributed by atoms with Crippen molar-refractivity contribution in [2.45, 2.75) is 0 Å². The zero-order chi connectivity index (χ0) is 21.4. The Hall–Kier alpha value is -3.93. The third-order valence-corrected chi connectivity index (χ3v) is 3.55. The van der Waals surface area contributed by atoms with Gasteiger partial charge in [-0.2, -0.15) is 0 Å². The van der Waals surface area contributed by atoms with Gasteiger partial charge in [0.05, 0.1) is 4.92 Å². The van der Waals surface area contributed by atoms with Crippen LogP contribution in [0.2, 0.25) is 5.02 Å². The maximum absolute atomic E-state index is 12.8. The zero-order valence-electron chi connectivity index (χ0n) is 14.5. The largest absolute Gasteiger partial charge is 0.337 e. The minimum Gasteiger partial charge on any atom is -0.329 e. The minimum absolute atomic E-state index is 0.0737. The number of halogens is 2. The van der Waals surface area contributed by atoms with Gasteiger partial charge in [0.1, 0.15) is 17.4 Å². The molecular formula is C16H14ClFN6O5. The molecule has 0 saturated heterocycles. The average molecular weight is 425 g/mol. The van der Waals surface area contributed by atoms with Crippen molar-refractivity contribution >= 4 is 46.6 Å². The topological polar surface area (TPSA) is 155 Å². The Kier molecular flexibility index (Phi) is 7.26. The summed E-state index contributed by atoms with van der Waals surface area (Å²) in [5.74, 6) is -1.22. The van der Waals surface area contributed by atoms with Gasteiger partial charge in [0.25, 0.3) is 11.6 Å². The molecule has 0 radical (unpaired) electrons. The first-order valence-corrected chi connectivity index (χ1v) is 8.22. The van der Waals surface area contributed by atoms with Gasteiger partial charge in [0.2, 0.25) is 0 Å². The number of hydrogen-bond acceptors (Lipinski definition) is 5. The van der Waals surface area contributed by atoms with E-state index in [0.29, 0.717) is 5.69 Å². The van der Waals surface area contributed by atoms with Crippen molar-refractivity contribution in [3.63, 3.8) is 0 Å². The number of hydrazine groups is 1. The van der Waals surface area contributed by atoms with Gasteiger partial charge >= 0.3 is 12.1 Å². The molecular weight excluding hydrogens is 411 g/mol. The molecule has 0 fully saturated rings. The van der Waals surface area contributed by atoms with E-state index in [0.717, 1.165) is 18.2 Å². The number of anilines is 2. The molecule has 0 aliphatic carbocycles. The lowest BCUT2D eigenvalue weighted by molar-refractivity contribution is -0.384. The van der Waals surface area contributed by atoms with Crippen molar-refractivity contribution in [3.05, 3.63) is 63.4 Å². The van der Waals surface area contributed by atoms with E-state index in [4.69, 9.17) is 11.6 Å². The summed E-state index contributed by atoms with van der Waals surface area (Å²) in [6.45, 7) is -0.472. The molecule has 5 N–H and O–H groups in total. The van der Waals surface area contributed by atoms with Gasteiger partial charge in [0, 0.05) is 17.4 Å². The molecule has 0 aliphatic heterocycles. The highest BCUT2D eigenvalue weighted by molar-refractivity contribution is 6.32. The molecule has 0 heterocycles. The second-order valence-corrected chi connectivity index (χ2v) is 5.77. The van der Waals surface area contributed by atoms with Gasteiger partial charge in [-0.05, 0) is 36.4 Å². The first kappa shape index (κ1) is 21.4. The predicted molar refractivity (Wildman–Crippen MR) is 102 cm³/mol. The lowest BCUT2D eigenvalue weighted by Crippen LogP contribution is -2.48. The van der Waals surface area contributed by atoms with E-state index >= 15 is 0 Å². The molecule has 0 aliphatic rings. The van der Waals surface area contributed by atoms with Gasteiger partial charge in [-0.15, -0.1) is 0 Å². The van der Waals surface area contributed by atoms with Gasteiger partial charge in [-0.3, -0.25) is 20.3 Å². The van der Waals surface area contributed by atoms with Crippen molar-refractivity contribution in [2.75, 3.05) is 17.2 Å². The van der Waals surface area contributed by atoms with Crippen LogP contribution in [-0.4, -0.2) is 29.4 Å². The van der Waals surface area contributed by atoms with E-state index < -0.39 is 40.9 Å². The maximum atomic E-state index is 12.8. The lowest BCUT2D eigenvalue weighted by atomic mass is 10.3. The Labute approximate surface area is 167 Å². The van der Waals surface area contributed by atoms with Crippen LogP contribution in [0, 0.1) is 15.9 Å². The number of nitrogens with one attached hydrogen (secondary N) is 5. The quantitative estimate of drug-likeness (QED) is 0.368. The molecule has 13 heteroatoms. The summed E-state index contributed by atoms with van der Waals surface area (Å²) >= 11 is 5.67. The number of hydrogen-bond donors (Lipinski definition) is 5. The van der Waals surface area contributed by atoms with Crippen LogP contribution < -0.4 is 26.8 Å². The standard InChI is InChI=1S/C16H14ClFN6O5/c17-12-6-5-11(7-13(12)24(28)29)21-16(27)23-22-14(25)8-19-15(26)20-10-3-1-9(18)2-4-10/h1-7H,8H2,(H,22,25)(H2,19,20,26)(H2,21,23,27). The van der Waals surface area contributed by atoms with Crippen LogP contribution in [0.1, 0.15) is 0 Å². The molecule has 11 nitrogen and oxygen atoms in total. The number of carbonyl (C=O) groups is 3. The van der Waals surface area contributed by atoms with Crippen LogP contribution in [0.4, 0.5) is 31.0 Å². The summed E-state index contributed by atoms with van der Waals surface area (Å²) in [7, 11) is 0. The molecule has 0 saturated carbocycles. The molecule has 0 bridgehead atoms. The second-order valence-electron chi connectivity index (χ2n) is 5.37. The van der Waals surface area contributed by atoms with Crippen LogP contribution in [0.25, 0.3) is 0 Å². The summed E-state index contributed by atoms with van der Waals surface area (Å²) in [6, 6.07) is 6.99. The molecule has 2 aromatic carbocycles. The average Bonchev–Trinajstić information content (AvgIpc) is 2.68. The highest BCUT2D eigenvalue weighted by atomic mass is 35.5. The van der Waals surface area contributed by atoms with Crippen molar-refractivity contribution in [2.24, 2.45) is 0 Å². The van der Waals surface area contributed by atoms with E-state index in [1.54, 1.807) is 0 Å².